The first-order chi connectivity index (χ1) is 15.5. The van der Waals surface area contributed by atoms with Crippen molar-refractivity contribution in [3.05, 3.63) is 54.1 Å². The molecule has 1 amide bonds. The van der Waals surface area contributed by atoms with Crippen molar-refractivity contribution in [1.29, 1.82) is 0 Å². The largest absolute Gasteiger partial charge is 0.381 e. The molecule has 1 aromatic carbocycles. The van der Waals surface area contributed by atoms with Crippen molar-refractivity contribution < 1.29 is 9.53 Å². The smallest absolute Gasteiger partial charge is 0.230 e. The lowest BCUT2D eigenvalue weighted by molar-refractivity contribution is -0.124. The van der Waals surface area contributed by atoms with E-state index in [0.717, 1.165) is 65.5 Å². The topological polar surface area (TPSA) is 72.3 Å². The third-order valence-corrected chi connectivity index (χ3v) is 6.90. The van der Waals surface area contributed by atoms with Gasteiger partial charge in [0, 0.05) is 37.4 Å². The van der Waals surface area contributed by atoms with Crippen molar-refractivity contribution >= 4 is 23.1 Å². The Morgan fingerprint density at radius 3 is 2.69 bits per heavy atom. The molecule has 1 saturated carbocycles. The zero-order valence-electron chi connectivity index (χ0n) is 18.8. The molecule has 3 heterocycles. The normalized spacial score (nSPS) is 20.2. The molecule has 2 aliphatic rings. The molecule has 1 fully saturated rings. The second-order valence-corrected chi connectivity index (χ2v) is 8.75. The fraction of sp³-hybridized carbons (Fsp3) is 0.400. The highest BCUT2D eigenvalue weighted by Gasteiger charge is 2.33. The SMILES string of the molecule is COC1CCC(C(=O)N2Cc3cccnc3Nc3ccc(-c4cnc(C)n4C)cc32)CC1. The zero-order chi connectivity index (χ0) is 22.2. The van der Waals surface area contributed by atoms with E-state index in [9.17, 15) is 4.79 Å². The molecule has 0 saturated heterocycles. The molecule has 1 N–H and O–H groups in total. The fourth-order valence-corrected chi connectivity index (χ4v) is 4.81. The van der Waals surface area contributed by atoms with E-state index in [0.29, 0.717) is 6.54 Å². The number of carbonyl (C=O) groups excluding carboxylic acids is 1. The average Bonchev–Trinajstić information content (AvgIpc) is 3.07. The van der Waals surface area contributed by atoms with Gasteiger partial charge >= 0.3 is 0 Å². The summed E-state index contributed by atoms with van der Waals surface area (Å²) in [5.41, 5.74) is 4.86. The number of aromatic nitrogens is 3. The summed E-state index contributed by atoms with van der Waals surface area (Å²) < 4.78 is 7.58. The van der Waals surface area contributed by atoms with Gasteiger partial charge in [-0.1, -0.05) is 12.1 Å². The van der Waals surface area contributed by atoms with Gasteiger partial charge in [-0.05, 0) is 50.8 Å². The standard InChI is InChI=1S/C25H29N5O2/c1-16-27-14-23(29(16)2)18-8-11-21-22(13-18)30(15-19-5-4-12-26-24(19)28-21)25(31)17-6-9-20(32-3)10-7-17/h4-5,8,11-14,17,20H,6-7,9-10,15H2,1-3H3,(H,26,28). The van der Waals surface area contributed by atoms with Gasteiger partial charge in [-0.3, -0.25) is 4.79 Å². The van der Waals surface area contributed by atoms with E-state index in [1.54, 1.807) is 13.3 Å². The number of pyridine rings is 1. The Bertz CT molecular complexity index is 1150. The first-order valence-corrected chi connectivity index (χ1v) is 11.2. The van der Waals surface area contributed by atoms with Crippen LogP contribution in [0.2, 0.25) is 0 Å². The molecule has 1 aliphatic heterocycles. The summed E-state index contributed by atoms with van der Waals surface area (Å²) >= 11 is 0. The van der Waals surface area contributed by atoms with Crippen molar-refractivity contribution in [3.8, 4) is 11.3 Å². The van der Waals surface area contributed by atoms with E-state index in [1.807, 2.05) is 43.3 Å². The maximum absolute atomic E-state index is 13.8. The van der Waals surface area contributed by atoms with Gasteiger partial charge in [0.05, 0.1) is 35.9 Å². The van der Waals surface area contributed by atoms with Crippen LogP contribution in [-0.2, 0) is 23.1 Å². The number of nitrogens with one attached hydrogen (secondary N) is 1. The van der Waals surface area contributed by atoms with Crippen LogP contribution in [0.4, 0.5) is 17.2 Å². The van der Waals surface area contributed by atoms with E-state index in [-0.39, 0.29) is 17.9 Å². The first-order valence-electron chi connectivity index (χ1n) is 11.2. The highest BCUT2D eigenvalue weighted by atomic mass is 16.5. The number of carbonyl (C=O) groups is 1. The van der Waals surface area contributed by atoms with Crippen LogP contribution in [0.25, 0.3) is 11.3 Å². The Morgan fingerprint density at radius 1 is 1.16 bits per heavy atom. The number of aryl methyl sites for hydroxylation is 1. The molecular formula is C25H29N5O2. The Kier molecular flexibility index (Phi) is 5.43. The molecular weight excluding hydrogens is 402 g/mol. The Labute approximate surface area is 188 Å². The van der Waals surface area contributed by atoms with E-state index in [2.05, 4.69) is 32.0 Å². The summed E-state index contributed by atoms with van der Waals surface area (Å²) in [4.78, 5) is 24.7. The van der Waals surface area contributed by atoms with Gasteiger partial charge in [0.2, 0.25) is 5.91 Å². The van der Waals surface area contributed by atoms with Crippen LogP contribution in [0.3, 0.4) is 0 Å². The maximum Gasteiger partial charge on any atom is 0.230 e. The number of hydrogen-bond donors (Lipinski definition) is 1. The Morgan fingerprint density at radius 2 is 1.97 bits per heavy atom. The van der Waals surface area contributed by atoms with Gasteiger partial charge in [0.15, 0.2) is 0 Å². The molecule has 0 radical (unpaired) electrons. The van der Waals surface area contributed by atoms with Crippen LogP contribution in [0, 0.1) is 12.8 Å². The van der Waals surface area contributed by atoms with Gasteiger partial charge in [-0.2, -0.15) is 0 Å². The second kappa shape index (κ2) is 8.39. The van der Waals surface area contributed by atoms with Crippen LogP contribution in [-0.4, -0.2) is 33.7 Å². The molecule has 0 atom stereocenters. The summed E-state index contributed by atoms with van der Waals surface area (Å²) in [5.74, 6) is 1.94. The van der Waals surface area contributed by atoms with Crippen LogP contribution >= 0.6 is 0 Å². The number of benzene rings is 1. The average molecular weight is 432 g/mol. The van der Waals surface area contributed by atoms with E-state index >= 15 is 0 Å². The Balaban J connectivity index is 1.55. The summed E-state index contributed by atoms with van der Waals surface area (Å²) in [6.45, 7) is 2.49. The monoisotopic (exact) mass is 431 g/mol. The number of amides is 1. The fourth-order valence-electron chi connectivity index (χ4n) is 4.81. The van der Waals surface area contributed by atoms with Crippen molar-refractivity contribution in [2.45, 2.75) is 45.3 Å². The van der Waals surface area contributed by atoms with Crippen LogP contribution in [0.15, 0.2) is 42.7 Å². The maximum atomic E-state index is 13.8. The van der Waals surface area contributed by atoms with Gasteiger partial charge < -0.3 is 19.5 Å². The molecule has 166 valence electrons. The minimum Gasteiger partial charge on any atom is -0.381 e. The van der Waals surface area contributed by atoms with Crippen molar-refractivity contribution in [1.82, 2.24) is 14.5 Å². The van der Waals surface area contributed by atoms with Gasteiger partial charge in [-0.15, -0.1) is 0 Å². The zero-order valence-corrected chi connectivity index (χ0v) is 18.8. The summed E-state index contributed by atoms with van der Waals surface area (Å²) in [6.07, 6.45) is 7.50. The first kappa shape index (κ1) is 20.7. The third-order valence-electron chi connectivity index (χ3n) is 6.90. The summed E-state index contributed by atoms with van der Waals surface area (Å²) in [6, 6.07) is 10.2. The van der Waals surface area contributed by atoms with E-state index in [1.165, 1.54) is 0 Å². The molecule has 1 aliphatic carbocycles. The number of imidazole rings is 1. The lowest BCUT2D eigenvalue weighted by Crippen LogP contribution is -2.38. The number of methoxy groups -OCH3 is 1. The van der Waals surface area contributed by atoms with Gasteiger partial charge in [0.1, 0.15) is 11.6 Å². The lowest BCUT2D eigenvalue weighted by atomic mass is 9.86. The molecule has 7 heteroatoms. The predicted octanol–water partition coefficient (Wildman–Crippen LogP) is 4.59. The summed E-state index contributed by atoms with van der Waals surface area (Å²) in [5, 5.41) is 3.46. The molecule has 7 nitrogen and oxygen atoms in total. The van der Waals surface area contributed by atoms with E-state index in [4.69, 9.17) is 4.74 Å². The number of nitrogens with zero attached hydrogens (tertiary/aromatic N) is 4. The highest BCUT2D eigenvalue weighted by molar-refractivity contribution is 6.00. The van der Waals surface area contributed by atoms with Crippen LogP contribution in [0.5, 0.6) is 0 Å². The number of anilines is 3. The summed E-state index contributed by atoms with van der Waals surface area (Å²) in [7, 11) is 3.77. The van der Waals surface area contributed by atoms with Gasteiger partial charge in [-0.25, -0.2) is 9.97 Å². The minimum absolute atomic E-state index is 0.00933. The third kappa shape index (κ3) is 3.66. The lowest BCUT2D eigenvalue weighted by Gasteiger charge is -2.32. The molecule has 0 spiro atoms. The van der Waals surface area contributed by atoms with E-state index < -0.39 is 0 Å². The van der Waals surface area contributed by atoms with Crippen molar-refractivity contribution in [2.75, 3.05) is 17.3 Å². The molecule has 0 unspecified atom stereocenters. The molecule has 2 aromatic heterocycles. The minimum atomic E-state index is 0.00933. The molecule has 0 bridgehead atoms. The number of rotatable bonds is 3. The predicted molar refractivity (Wildman–Crippen MR) is 125 cm³/mol. The van der Waals surface area contributed by atoms with Crippen molar-refractivity contribution in [3.63, 3.8) is 0 Å². The van der Waals surface area contributed by atoms with Gasteiger partial charge in [0.25, 0.3) is 0 Å². The molecule has 32 heavy (non-hydrogen) atoms. The van der Waals surface area contributed by atoms with Crippen molar-refractivity contribution in [2.24, 2.45) is 13.0 Å². The highest BCUT2D eigenvalue weighted by Crippen LogP contribution is 2.40. The number of hydrogen-bond acceptors (Lipinski definition) is 5. The molecule has 3 aromatic rings. The number of ether oxygens (including phenoxy) is 1. The second-order valence-electron chi connectivity index (χ2n) is 8.75. The quantitative estimate of drug-likeness (QED) is 0.657. The molecule has 5 rings (SSSR count). The number of fused-ring (bicyclic) bond motifs is 2. The van der Waals surface area contributed by atoms with Crippen LogP contribution < -0.4 is 10.2 Å². The Hall–Kier alpha value is -3.19. The van der Waals surface area contributed by atoms with Crippen LogP contribution in [0.1, 0.15) is 37.1 Å².